The van der Waals surface area contributed by atoms with Crippen molar-refractivity contribution in [3.63, 3.8) is 0 Å². The number of aryl methyl sites for hydroxylation is 2. The molecule has 0 saturated heterocycles. The molecule has 0 radical (unpaired) electrons. The van der Waals surface area contributed by atoms with Crippen molar-refractivity contribution in [3.05, 3.63) is 33.5 Å². The normalized spacial score (nSPS) is 24.7. The van der Waals surface area contributed by atoms with E-state index in [2.05, 4.69) is 25.3 Å². The first-order chi connectivity index (χ1) is 26.3. The molecule has 0 bridgehead atoms. The molecule has 0 spiro atoms. The van der Waals surface area contributed by atoms with Gasteiger partial charge < -0.3 is 36.7 Å². The zero-order valence-corrected chi connectivity index (χ0v) is 33.4. The van der Waals surface area contributed by atoms with Crippen LogP contribution in [0.4, 0.5) is 4.79 Å². The molecule has 0 aliphatic heterocycles. The molecule has 7 N–H and O–H groups in total. The summed E-state index contributed by atoms with van der Waals surface area (Å²) in [6.45, 7) is 5.57. The average Bonchev–Trinajstić information content (AvgIpc) is 3.88. The molecule has 4 aliphatic carbocycles. The largest absolute Gasteiger partial charge is 0.474 e. The zero-order chi connectivity index (χ0) is 38.9. The van der Waals surface area contributed by atoms with Crippen LogP contribution in [-0.2, 0) is 27.2 Å². The second kappa shape index (κ2) is 16.5. The molecule has 0 aromatic carbocycles. The Kier molecular flexibility index (Phi) is 11.7. The summed E-state index contributed by atoms with van der Waals surface area (Å²) in [7, 11) is 0. The molecule has 55 heavy (non-hydrogen) atoms. The number of nitrogens with two attached hydrogens (primary N) is 3. The van der Waals surface area contributed by atoms with Gasteiger partial charge >= 0.3 is 6.09 Å². The van der Waals surface area contributed by atoms with Gasteiger partial charge in [-0.25, -0.2) is 24.7 Å². The van der Waals surface area contributed by atoms with Gasteiger partial charge in [0.05, 0.1) is 10.8 Å². The second-order valence-electron chi connectivity index (χ2n) is 16.3. The summed E-state index contributed by atoms with van der Waals surface area (Å²) in [5, 5.41) is 4.90. The Hall–Kier alpha value is -4.15. The van der Waals surface area contributed by atoms with Crippen LogP contribution in [0, 0.1) is 0 Å². The molecule has 4 aromatic heterocycles. The number of hydrogen-bond acceptors (Lipinski definition) is 13. The molecule has 4 aliphatic rings. The monoisotopic (exact) mass is 792 g/mol. The van der Waals surface area contributed by atoms with E-state index in [1.165, 1.54) is 15.3 Å². The maximum Gasteiger partial charge on any atom is 0.407 e. The van der Waals surface area contributed by atoms with Crippen molar-refractivity contribution < 1.29 is 28.6 Å². The van der Waals surface area contributed by atoms with Crippen molar-refractivity contribution in [1.82, 2.24) is 25.3 Å². The van der Waals surface area contributed by atoms with Gasteiger partial charge in [0.15, 0.2) is 0 Å². The van der Waals surface area contributed by atoms with E-state index in [0.29, 0.717) is 30.6 Å². The molecule has 2 saturated carbocycles. The number of carbonyl (C=O) groups is 3. The van der Waals surface area contributed by atoms with Crippen LogP contribution in [0.3, 0.4) is 0 Å². The molecule has 2 fully saturated rings. The number of thiophene rings is 2. The van der Waals surface area contributed by atoms with Crippen molar-refractivity contribution in [2.24, 2.45) is 17.2 Å². The summed E-state index contributed by atoms with van der Waals surface area (Å²) in [5.41, 5.74) is 18.7. The maximum atomic E-state index is 12.0. The number of hydrogen-bond donors (Lipinski definition) is 4. The Labute approximate surface area is 328 Å². The summed E-state index contributed by atoms with van der Waals surface area (Å²) in [6, 6.07) is 0.381. The minimum absolute atomic E-state index is 0.0290. The fourth-order valence-corrected chi connectivity index (χ4v) is 10.9. The number of aromatic nitrogens is 4. The molecule has 0 unspecified atom stereocenters. The number of alkyl carbamates (subject to hydrolysis) is 1. The molecule has 296 valence electrons. The van der Waals surface area contributed by atoms with Crippen molar-refractivity contribution in [2.45, 2.75) is 152 Å². The van der Waals surface area contributed by atoms with Crippen LogP contribution in [0.15, 0.2) is 12.7 Å². The average molecular weight is 793 g/mol. The van der Waals surface area contributed by atoms with Crippen LogP contribution in [0.25, 0.3) is 20.4 Å². The molecule has 2 atom stereocenters. The van der Waals surface area contributed by atoms with E-state index >= 15 is 0 Å². The number of ether oxygens (including phenoxy) is 3. The van der Waals surface area contributed by atoms with Crippen LogP contribution >= 0.6 is 22.7 Å². The van der Waals surface area contributed by atoms with Gasteiger partial charge in [0.25, 0.3) is 0 Å². The van der Waals surface area contributed by atoms with E-state index in [9.17, 15) is 14.4 Å². The number of amides is 3. The fourth-order valence-electron chi connectivity index (χ4n) is 8.47. The standard InChI is InChI=1S/C22H30N4O4S.C17H22N4O2S/c1-22(2,3)30-21(28)26-13-5-7-14(8-6-13)29-19-18-17-12(10-16(23)27)4-9-15(17)31-20(18)25-11-24-19;18-10-2-4-11(5-3-10)23-16-15-14-9(7-13(19)22)1-6-12(14)24-17(15)21-8-20-16/h11-14H,4-10H2,1-3H3,(H2,23,27)(H,26,28);8-11H,1-7,18H2,(H2,19,22)/t12-,13?,14?;9-,10?,11?/m11/s1. The number of carbonyl (C=O) groups excluding carboxylic acids is 3. The summed E-state index contributed by atoms with van der Waals surface area (Å²) in [5.74, 6) is 1.000. The summed E-state index contributed by atoms with van der Waals surface area (Å²) < 4.78 is 17.9. The van der Waals surface area contributed by atoms with E-state index in [1.807, 2.05) is 20.8 Å². The van der Waals surface area contributed by atoms with E-state index in [-0.39, 0.29) is 48.0 Å². The van der Waals surface area contributed by atoms with Crippen LogP contribution in [0.5, 0.6) is 11.8 Å². The number of rotatable bonds is 9. The first kappa shape index (κ1) is 39.1. The third-order valence-electron chi connectivity index (χ3n) is 11.0. The van der Waals surface area contributed by atoms with Crippen molar-refractivity contribution in [2.75, 3.05) is 0 Å². The predicted octanol–water partition coefficient (Wildman–Crippen LogP) is 6.06. The third kappa shape index (κ3) is 9.29. The van der Waals surface area contributed by atoms with Crippen LogP contribution in [0.1, 0.15) is 131 Å². The van der Waals surface area contributed by atoms with Crippen molar-refractivity contribution in [1.29, 1.82) is 0 Å². The Morgan fingerprint density at radius 1 is 0.709 bits per heavy atom. The van der Waals surface area contributed by atoms with Crippen LogP contribution < -0.4 is 32.0 Å². The number of nitrogens with one attached hydrogen (secondary N) is 1. The van der Waals surface area contributed by atoms with Gasteiger partial charge in [-0.05, 0) is 121 Å². The molecule has 4 aromatic rings. The van der Waals surface area contributed by atoms with Gasteiger partial charge in [-0.3, -0.25) is 9.59 Å². The van der Waals surface area contributed by atoms with Gasteiger partial charge in [-0.2, -0.15) is 0 Å². The summed E-state index contributed by atoms with van der Waals surface area (Å²) >= 11 is 3.35. The molecule has 16 heteroatoms. The van der Waals surface area contributed by atoms with Crippen LogP contribution in [-0.4, -0.2) is 67.7 Å². The SMILES string of the molecule is CC(C)(C)OC(=O)NC1CCC(Oc2ncnc3sc4c(c23)[C@@H](CC(N)=O)CC4)CC1.NC(=O)C[C@H]1CCc2sc3ncnc(OC4CCC(N)CC4)c3c21. The summed E-state index contributed by atoms with van der Waals surface area (Å²) in [6.07, 6.45) is 14.7. The summed E-state index contributed by atoms with van der Waals surface area (Å²) in [4.78, 5) is 57.1. The van der Waals surface area contributed by atoms with E-state index in [4.69, 9.17) is 31.4 Å². The lowest BCUT2D eigenvalue weighted by atomic mass is 9.93. The highest BCUT2D eigenvalue weighted by Crippen LogP contribution is 2.48. The molecule has 8 rings (SSSR count). The quantitative estimate of drug-likeness (QED) is 0.153. The molecular weight excluding hydrogens is 741 g/mol. The molecule has 14 nitrogen and oxygen atoms in total. The lowest BCUT2D eigenvalue weighted by Gasteiger charge is -2.30. The molecule has 3 amide bonds. The lowest BCUT2D eigenvalue weighted by Crippen LogP contribution is -2.42. The predicted molar refractivity (Wildman–Crippen MR) is 211 cm³/mol. The van der Waals surface area contributed by atoms with E-state index in [1.54, 1.807) is 35.3 Å². The molecular formula is C39H52N8O6S2. The van der Waals surface area contributed by atoms with Gasteiger partial charge in [0.1, 0.15) is 40.1 Å². The topological polar surface area (TPSA) is 221 Å². The minimum atomic E-state index is -0.504. The smallest absolute Gasteiger partial charge is 0.407 e. The zero-order valence-electron chi connectivity index (χ0n) is 31.8. The minimum Gasteiger partial charge on any atom is -0.474 e. The number of fused-ring (bicyclic) bond motifs is 6. The lowest BCUT2D eigenvalue weighted by molar-refractivity contribution is -0.119. The Morgan fingerprint density at radius 3 is 1.60 bits per heavy atom. The van der Waals surface area contributed by atoms with Crippen LogP contribution in [0.2, 0.25) is 0 Å². The van der Waals surface area contributed by atoms with Gasteiger partial charge in [-0.1, -0.05) is 0 Å². The van der Waals surface area contributed by atoms with E-state index in [0.717, 1.165) is 103 Å². The van der Waals surface area contributed by atoms with Gasteiger partial charge in [0, 0.05) is 34.7 Å². The van der Waals surface area contributed by atoms with E-state index < -0.39 is 5.60 Å². The number of primary amides is 2. The third-order valence-corrected chi connectivity index (χ3v) is 13.3. The maximum absolute atomic E-state index is 12.0. The highest BCUT2D eigenvalue weighted by Gasteiger charge is 2.34. The highest BCUT2D eigenvalue weighted by molar-refractivity contribution is 7.19. The van der Waals surface area contributed by atoms with Gasteiger partial charge in [0.2, 0.25) is 23.6 Å². The highest BCUT2D eigenvalue weighted by atomic mass is 32.1. The first-order valence-electron chi connectivity index (χ1n) is 19.5. The van der Waals surface area contributed by atoms with Crippen molar-refractivity contribution in [3.8, 4) is 11.8 Å². The van der Waals surface area contributed by atoms with Crippen molar-refractivity contribution >= 4 is 61.0 Å². The first-order valence-corrected chi connectivity index (χ1v) is 21.1. The van der Waals surface area contributed by atoms with Gasteiger partial charge in [-0.15, -0.1) is 22.7 Å². The Bertz CT molecular complexity index is 2030. The number of nitrogens with zero attached hydrogens (tertiary/aromatic N) is 4. The fraction of sp³-hybridized carbons (Fsp3) is 0.615. The Morgan fingerprint density at radius 2 is 1.16 bits per heavy atom. The Balaban J connectivity index is 0.000000174. The second-order valence-corrected chi connectivity index (χ2v) is 18.5. The molecule has 4 heterocycles.